The number of piperidine rings is 1. The van der Waals surface area contributed by atoms with Crippen molar-refractivity contribution in [3.63, 3.8) is 0 Å². The number of imide groups is 1. The average molecular weight is 329 g/mol. The van der Waals surface area contributed by atoms with Gasteiger partial charge in [0.1, 0.15) is 0 Å². The lowest BCUT2D eigenvalue weighted by Gasteiger charge is -2.31. The predicted molar refractivity (Wildman–Crippen MR) is 83.4 cm³/mol. The first-order valence-electron chi connectivity index (χ1n) is 6.91. The van der Waals surface area contributed by atoms with Crippen LogP contribution in [0.5, 0.6) is 0 Å². The van der Waals surface area contributed by atoms with Gasteiger partial charge in [-0.3, -0.25) is 14.5 Å². The van der Waals surface area contributed by atoms with Crippen molar-refractivity contribution < 1.29 is 9.59 Å². The SMILES string of the molecule is Cl.O=C1CC2(CCCNC2)C(=O)N1Cc1cccc(Cl)c1. The molecule has 1 spiro atoms. The van der Waals surface area contributed by atoms with Crippen molar-refractivity contribution in [3.05, 3.63) is 34.9 Å². The molecule has 0 radical (unpaired) electrons. The van der Waals surface area contributed by atoms with Crippen LogP contribution >= 0.6 is 24.0 Å². The van der Waals surface area contributed by atoms with Crippen LogP contribution in [0.4, 0.5) is 0 Å². The lowest BCUT2D eigenvalue weighted by molar-refractivity contribution is -0.142. The number of benzene rings is 1. The van der Waals surface area contributed by atoms with E-state index in [4.69, 9.17) is 11.6 Å². The molecule has 2 fully saturated rings. The van der Waals surface area contributed by atoms with Gasteiger partial charge in [-0.15, -0.1) is 12.4 Å². The van der Waals surface area contributed by atoms with Gasteiger partial charge in [-0.2, -0.15) is 0 Å². The Labute approximate surface area is 135 Å². The molecule has 21 heavy (non-hydrogen) atoms. The number of nitrogens with zero attached hydrogens (tertiary/aromatic N) is 1. The zero-order chi connectivity index (χ0) is 14.2. The van der Waals surface area contributed by atoms with E-state index >= 15 is 0 Å². The van der Waals surface area contributed by atoms with Gasteiger partial charge in [0.15, 0.2) is 0 Å². The summed E-state index contributed by atoms with van der Waals surface area (Å²) in [6.45, 7) is 1.86. The van der Waals surface area contributed by atoms with Crippen LogP contribution in [0.2, 0.25) is 5.02 Å². The lowest BCUT2D eigenvalue weighted by Crippen LogP contribution is -2.45. The highest BCUT2D eigenvalue weighted by molar-refractivity contribution is 6.30. The quantitative estimate of drug-likeness (QED) is 0.848. The van der Waals surface area contributed by atoms with E-state index in [1.54, 1.807) is 12.1 Å². The fourth-order valence-electron chi connectivity index (χ4n) is 3.14. The molecule has 2 aliphatic rings. The molecule has 0 aliphatic carbocycles. The first-order valence-corrected chi connectivity index (χ1v) is 7.28. The number of carbonyl (C=O) groups excluding carboxylic acids is 2. The highest BCUT2D eigenvalue weighted by atomic mass is 35.5. The van der Waals surface area contributed by atoms with Gasteiger partial charge in [-0.25, -0.2) is 0 Å². The Bertz CT molecular complexity index is 556. The summed E-state index contributed by atoms with van der Waals surface area (Å²) in [6.07, 6.45) is 2.08. The number of carbonyl (C=O) groups is 2. The average Bonchev–Trinajstić information content (AvgIpc) is 2.64. The zero-order valence-electron chi connectivity index (χ0n) is 11.6. The van der Waals surface area contributed by atoms with E-state index in [9.17, 15) is 9.59 Å². The summed E-state index contributed by atoms with van der Waals surface area (Å²) in [5.74, 6) is -0.103. The molecular formula is C15H18Cl2N2O2. The van der Waals surface area contributed by atoms with Gasteiger partial charge in [0.2, 0.25) is 11.8 Å². The summed E-state index contributed by atoms with van der Waals surface area (Å²) in [4.78, 5) is 26.2. The van der Waals surface area contributed by atoms with Gasteiger partial charge in [0, 0.05) is 18.0 Å². The normalized spacial score (nSPS) is 25.3. The van der Waals surface area contributed by atoms with Crippen LogP contribution in [-0.4, -0.2) is 29.8 Å². The van der Waals surface area contributed by atoms with Gasteiger partial charge in [-0.1, -0.05) is 23.7 Å². The summed E-state index contributed by atoms with van der Waals surface area (Å²) in [7, 11) is 0. The molecule has 1 aromatic carbocycles. The number of amides is 2. The van der Waals surface area contributed by atoms with Crippen molar-refractivity contribution in [2.24, 2.45) is 5.41 Å². The molecule has 2 amide bonds. The van der Waals surface area contributed by atoms with Crippen LogP contribution < -0.4 is 5.32 Å². The van der Waals surface area contributed by atoms with E-state index in [1.165, 1.54) is 4.90 Å². The van der Waals surface area contributed by atoms with Gasteiger partial charge >= 0.3 is 0 Å². The molecule has 3 rings (SSSR count). The Morgan fingerprint density at radius 1 is 1.33 bits per heavy atom. The van der Waals surface area contributed by atoms with Crippen molar-refractivity contribution in [1.29, 1.82) is 0 Å². The second-order valence-corrected chi connectivity index (χ2v) is 6.09. The minimum atomic E-state index is -0.506. The van der Waals surface area contributed by atoms with Crippen LogP contribution in [0.15, 0.2) is 24.3 Å². The van der Waals surface area contributed by atoms with Gasteiger partial charge in [-0.05, 0) is 37.1 Å². The molecule has 4 nitrogen and oxygen atoms in total. The van der Waals surface area contributed by atoms with Crippen LogP contribution in [0.1, 0.15) is 24.8 Å². The minimum Gasteiger partial charge on any atom is -0.316 e. The predicted octanol–water partition coefficient (Wildman–Crippen LogP) is 2.39. The molecule has 2 heterocycles. The van der Waals surface area contributed by atoms with Crippen molar-refractivity contribution >= 4 is 35.8 Å². The molecule has 1 unspecified atom stereocenters. The summed E-state index contributed by atoms with van der Waals surface area (Å²) in [5, 5.41) is 3.86. The van der Waals surface area contributed by atoms with E-state index in [-0.39, 0.29) is 24.2 Å². The summed E-state index contributed by atoms with van der Waals surface area (Å²) in [5.41, 5.74) is 0.383. The molecule has 0 saturated carbocycles. The van der Waals surface area contributed by atoms with Gasteiger partial charge in [0.05, 0.1) is 12.0 Å². The molecule has 2 aliphatic heterocycles. The second kappa shape index (κ2) is 6.34. The smallest absolute Gasteiger partial charge is 0.237 e. The third-order valence-electron chi connectivity index (χ3n) is 4.19. The van der Waals surface area contributed by atoms with Crippen molar-refractivity contribution in [3.8, 4) is 0 Å². The second-order valence-electron chi connectivity index (χ2n) is 5.65. The molecule has 6 heteroatoms. The number of hydrogen-bond donors (Lipinski definition) is 1. The first kappa shape index (κ1) is 16.3. The molecule has 0 aromatic heterocycles. The summed E-state index contributed by atoms with van der Waals surface area (Å²) in [6, 6.07) is 7.30. The standard InChI is InChI=1S/C15H17ClN2O2.ClH/c16-12-4-1-3-11(7-12)9-18-13(19)8-15(14(18)20)5-2-6-17-10-15;/h1,3-4,7,17H,2,5-6,8-10H2;1H. The topological polar surface area (TPSA) is 49.4 Å². The Morgan fingerprint density at radius 3 is 2.81 bits per heavy atom. The third kappa shape index (κ3) is 3.07. The van der Waals surface area contributed by atoms with Crippen LogP contribution in [0.25, 0.3) is 0 Å². The largest absolute Gasteiger partial charge is 0.316 e. The zero-order valence-corrected chi connectivity index (χ0v) is 13.2. The van der Waals surface area contributed by atoms with Crippen LogP contribution in [-0.2, 0) is 16.1 Å². The van der Waals surface area contributed by atoms with E-state index in [1.807, 2.05) is 12.1 Å². The fourth-order valence-corrected chi connectivity index (χ4v) is 3.35. The lowest BCUT2D eigenvalue weighted by atomic mass is 9.79. The maximum atomic E-state index is 12.6. The van der Waals surface area contributed by atoms with E-state index in [0.29, 0.717) is 24.5 Å². The molecule has 114 valence electrons. The molecule has 0 bridgehead atoms. The van der Waals surface area contributed by atoms with Crippen molar-refractivity contribution in [2.45, 2.75) is 25.8 Å². The van der Waals surface area contributed by atoms with Crippen molar-refractivity contribution in [2.75, 3.05) is 13.1 Å². The Balaban J connectivity index is 0.00000161. The molecule has 1 N–H and O–H groups in total. The number of likely N-dealkylation sites (tertiary alicyclic amines) is 1. The minimum absolute atomic E-state index is 0. The third-order valence-corrected chi connectivity index (χ3v) is 4.43. The molecule has 1 aromatic rings. The number of nitrogens with one attached hydrogen (secondary N) is 1. The summed E-state index contributed by atoms with van der Waals surface area (Å²) >= 11 is 5.95. The Kier molecular flexibility index (Phi) is 4.91. The van der Waals surface area contributed by atoms with Gasteiger partial charge in [0.25, 0.3) is 0 Å². The van der Waals surface area contributed by atoms with E-state index < -0.39 is 5.41 Å². The Hall–Kier alpha value is -1.10. The number of halogens is 2. The number of rotatable bonds is 2. The van der Waals surface area contributed by atoms with Crippen LogP contribution in [0.3, 0.4) is 0 Å². The molecule has 2 saturated heterocycles. The molecular weight excluding hydrogens is 311 g/mol. The Morgan fingerprint density at radius 2 is 2.14 bits per heavy atom. The van der Waals surface area contributed by atoms with Crippen LogP contribution in [0, 0.1) is 5.41 Å². The van der Waals surface area contributed by atoms with E-state index in [0.717, 1.165) is 24.9 Å². The number of hydrogen-bond acceptors (Lipinski definition) is 3. The first-order chi connectivity index (χ1) is 9.61. The van der Waals surface area contributed by atoms with Crippen molar-refractivity contribution in [1.82, 2.24) is 10.2 Å². The maximum absolute atomic E-state index is 12.6. The highest BCUT2D eigenvalue weighted by Crippen LogP contribution is 2.39. The fraction of sp³-hybridized carbons (Fsp3) is 0.467. The molecule has 1 atom stereocenters. The summed E-state index contributed by atoms with van der Waals surface area (Å²) < 4.78 is 0. The monoisotopic (exact) mass is 328 g/mol. The highest BCUT2D eigenvalue weighted by Gasteiger charge is 2.51. The maximum Gasteiger partial charge on any atom is 0.237 e. The van der Waals surface area contributed by atoms with Gasteiger partial charge < -0.3 is 5.32 Å². The van der Waals surface area contributed by atoms with E-state index in [2.05, 4.69) is 5.32 Å².